The highest BCUT2D eigenvalue weighted by molar-refractivity contribution is 5.99. The van der Waals surface area contributed by atoms with Crippen molar-refractivity contribution in [3.05, 3.63) is 46.5 Å². The number of fused-ring (bicyclic) bond motifs is 1. The summed E-state index contributed by atoms with van der Waals surface area (Å²) in [5, 5.41) is 0. The smallest absolute Gasteiger partial charge is 0.340 e. The van der Waals surface area contributed by atoms with E-state index in [0.717, 1.165) is 48.2 Å². The van der Waals surface area contributed by atoms with Gasteiger partial charge in [-0.2, -0.15) is 0 Å². The van der Waals surface area contributed by atoms with Crippen LogP contribution in [0.5, 0.6) is 0 Å². The summed E-state index contributed by atoms with van der Waals surface area (Å²) in [5.41, 5.74) is 2.20. The van der Waals surface area contributed by atoms with Crippen LogP contribution in [0.1, 0.15) is 39.5 Å². The molecule has 1 saturated carbocycles. The first-order chi connectivity index (χ1) is 11.6. The number of hydrogen-bond donors (Lipinski definition) is 0. The molecule has 4 nitrogen and oxygen atoms in total. The highest BCUT2D eigenvalue weighted by atomic mass is 16.5. The molecule has 2 unspecified atom stereocenters. The molecule has 0 aromatic heterocycles. The van der Waals surface area contributed by atoms with Crippen LogP contribution in [0, 0.1) is 23.2 Å². The Hall–Kier alpha value is -2.10. The predicted molar refractivity (Wildman–Crippen MR) is 86.2 cm³/mol. The van der Waals surface area contributed by atoms with Gasteiger partial charge in [0.2, 0.25) is 0 Å². The van der Waals surface area contributed by atoms with E-state index >= 15 is 0 Å². The average molecular weight is 324 g/mol. The van der Waals surface area contributed by atoms with Crippen molar-refractivity contribution in [1.29, 1.82) is 0 Å². The number of carbonyl (C=O) groups is 2. The van der Waals surface area contributed by atoms with Crippen molar-refractivity contribution in [3.63, 3.8) is 0 Å². The van der Waals surface area contributed by atoms with Crippen LogP contribution in [-0.4, -0.2) is 11.9 Å². The van der Waals surface area contributed by atoms with E-state index in [9.17, 15) is 9.59 Å². The maximum atomic E-state index is 12.7. The highest BCUT2D eigenvalue weighted by Gasteiger charge is 2.66. The first kappa shape index (κ1) is 14.3. The van der Waals surface area contributed by atoms with Crippen LogP contribution in [0.3, 0.4) is 0 Å². The molecule has 24 heavy (non-hydrogen) atoms. The quantitative estimate of drug-likeness (QED) is 0.639. The van der Waals surface area contributed by atoms with E-state index < -0.39 is 5.41 Å². The topological polar surface area (TPSA) is 52.6 Å². The molecule has 4 aliphatic carbocycles. The molecule has 2 fully saturated rings. The Balaban J connectivity index is 1.78. The Morgan fingerprint density at radius 1 is 1.12 bits per heavy atom. The summed E-state index contributed by atoms with van der Waals surface area (Å²) in [5.74, 6) is 1.79. The SMILES string of the molecule is C/C=C1\OC(=O)C2=C1CCC1C3C=C4C(=O)O/C(=C\C)[C@]4(CC3)[C@H]21. The van der Waals surface area contributed by atoms with Crippen LogP contribution >= 0.6 is 0 Å². The monoisotopic (exact) mass is 324 g/mol. The minimum absolute atomic E-state index is 0.0163. The summed E-state index contributed by atoms with van der Waals surface area (Å²) in [7, 11) is 0. The lowest BCUT2D eigenvalue weighted by Crippen LogP contribution is -2.50. The maximum Gasteiger partial charge on any atom is 0.340 e. The second kappa shape index (κ2) is 4.50. The van der Waals surface area contributed by atoms with E-state index in [1.165, 1.54) is 0 Å². The molecule has 6 rings (SSSR count). The zero-order valence-corrected chi connectivity index (χ0v) is 13.9. The molecule has 1 saturated heterocycles. The van der Waals surface area contributed by atoms with Gasteiger partial charge >= 0.3 is 11.9 Å². The van der Waals surface area contributed by atoms with Crippen molar-refractivity contribution >= 4 is 11.9 Å². The van der Waals surface area contributed by atoms with Gasteiger partial charge in [0.05, 0.1) is 5.41 Å². The summed E-state index contributed by atoms with van der Waals surface area (Å²) in [6.45, 7) is 3.82. The number of carbonyl (C=O) groups excluding carboxylic acids is 2. The zero-order valence-electron chi connectivity index (χ0n) is 13.9. The average Bonchev–Trinajstić information content (AvgIpc) is 3.10. The molecule has 124 valence electrons. The van der Waals surface area contributed by atoms with Crippen LogP contribution in [-0.2, 0) is 19.1 Å². The van der Waals surface area contributed by atoms with E-state index in [0.29, 0.717) is 17.6 Å². The fourth-order valence-electron chi connectivity index (χ4n) is 5.90. The Morgan fingerprint density at radius 3 is 2.71 bits per heavy atom. The van der Waals surface area contributed by atoms with Gasteiger partial charge in [-0.15, -0.1) is 0 Å². The van der Waals surface area contributed by atoms with Crippen molar-refractivity contribution in [2.24, 2.45) is 23.2 Å². The summed E-state index contributed by atoms with van der Waals surface area (Å²) < 4.78 is 11.2. The van der Waals surface area contributed by atoms with Crippen molar-refractivity contribution in [3.8, 4) is 0 Å². The zero-order chi connectivity index (χ0) is 16.6. The summed E-state index contributed by atoms with van der Waals surface area (Å²) in [6, 6.07) is 0. The van der Waals surface area contributed by atoms with Crippen molar-refractivity contribution < 1.29 is 19.1 Å². The van der Waals surface area contributed by atoms with Crippen LogP contribution in [0.2, 0.25) is 0 Å². The Labute approximate surface area is 140 Å². The number of rotatable bonds is 0. The first-order valence-electron chi connectivity index (χ1n) is 8.85. The van der Waals surface area contributed by atoms with E-state index in [1.54, 1.807) is 0 Å². The van der Waals surface area contributed by atoms with E-state index in [-0.39, 0.29) is 17.9 Å². The van der Waals surface area contributed by atoms with Gasteiger partial charge in [-0.1, -0.05) is 6.08 Å². The molecular formula is C20H20O4. The molecule has 1 spiro atoms. The Bertz CT molecular complexity index is 809. The van der Waals surface area contributed by atoms with Gasteiger partial charge in [0.25, 0.3) is 0 Å². The lowest BCUT2D eigenvalue weighted by molar-refractivity contribution is -0.135. The number of esters is 2. The third-order valence-corrected chi connectivity index (χ3v) is 6.71. The Kier molecular flexibility index (Phi) is 2.67. The van der Waals surface area contributed by atoms with Gasteiger partial charge in [0, 0.05) is 22.6 Å². The fourth-order valence-corrected chi connectivity index (χ4v) is 5.90. The number of allylic oxidation sites excluding steroid dienone is 5. The normalized spacial score (nSPS) is 42.8. The lowest BCUT2D eigenvalue weighted by atomic mass is 9.47. The number of cyclic esters (lactones) is 2. The maximum absolute atomic E-state index is 12.7. The molecule has 2 heterocycles. The van der Waals surface area contributed by atoms with Crippen LogP contribution in [0.15, 0.2) is 46.5 Å². The number of ether oxygens (including phenoxy) is 2. The van der Waals surface area contributed by atoms with Crippen LogP contribution in [0.4, 0.5) is 0 Å². The van der Waals surface area contributed by atoms with Gasteiger partial charge in [0.15, 0.2) is 0 Å². The van der Waals surface area contributed by atoms with Gasteiger partial charge < -0.3 is 9.47 Å². The third kappa shape index (κ3) is 1.41. The van der Waals surface area contributed by atoms with E-state index in [2.05, 4.69) is 6.08 Å². The molecule has 2 bridgehead atoms. The summed E-state index contributed by atoms with van der Waals surface area (Å²) in [6.07, 6.45) is 9.80. The van der Waals surface area contributed by atoms with Crippen molar-refractivity contribution in [1.82, 2.24) is 0 Å². The second-order valence-electron chi connectivity index (χ2n) is 7.41. The van der Waals surface area contributed by atoms with Gasteiger partial charge in [-0.3, -0.25) is 0 Å². The van der Waals surface area contributed by atoms with Gasteiger partial charge in [-0.05, 0) is 63.5 Å². The van der Waals surface area contributed by atoms with Gasteiger partial charge in [0.1, 0.15) is 11.5 Å². The van der Waals surface area contributed by atoms with Crippen LogP contribution in [0.25, 0.3) is 0 Å². The molecule has 2 aliphatic heterocycles. The highest BCUT2D eigenvalue weighted by Crippen LogP contribution is 2.68. The summed E-state index contributed by atoms with van der Waals surface area (Å²) >= 11 is 0. The minimum Gasteiger partial charge on any atom is -0.427 e. The Morgan fingerprint density at radius 2 is 1.96 bits per heavy atom. The lowest BCUT2D eigenvalue weighted by Gasteiger charge is -2.54. The third-order valence-electron chi connectivity index (χ3n) is 6.71. The van der Waals surface area contributed by atoms with Crippen molar-refractivity contribution in [2.45, 2.75) is 39.5 Å². The second-order valence-corrected chi connectivity index (χ2v) is 7.41. The first-order valence-corrected chi connectivity index (χ1v) is 8.85. The predicted octanol–water partition coefficient (Wildman–Crippen LogP) is 3.57. The molecule has 0 N–H and O–H groups in total. The van der Waals surface area contributed by atoms with E-state index in [4.69, 9.17) is 9.47 Å². The molecule has 6 aliphatic rings. The minimum atomic E-state index is -0.450. The molecule has 4 atom stereocenters. The fraction of sp³-hybridized carbons (Fsp3) is 0.500. The molecule has 0 aromatic carbocycles. The molecule has 4 heteroatoms. The molecular weight excluding hydrogens is 304 g/mol. The molecule has 0 aromatic rings. The standard InChI is InChI=1S/C20H20O4/c1-3-14-12-6-5-11-10-7-8-20(17(11)16(12)19(22)23-14)13(9-10)18(21)24-15(20)4-2/h3-4,9-11,17H,5-8H2,1-2H3/b14-3-,15-4-/t10?,11?,17-,20+/m0/s1. The number of hydrogen-bond acceptors (Lipinski definition) is 4. The van der Waals surface area contributed by atoms with E-state index in [1.807, 2.05) is 26.0 Å². The summed E-state index contributed by atoms with van der Waals surface area (Å²) in [4.78, 5) is 25.1. The van der Waals surface area contributed by atoms with Crippen LogP contribution < -0.4 is 0 Å². The largest absolute Gasteiger partial charge is 0.427 e. The molecule has 0 radical (unpaired) electrons. The van der Waals surface area contributed by atoms with Crippen molar-refractivity contribution in [2.75, 3.05) is 0 Å². The molecule has 0 amide bonds. The van der Waals surface area contributed by atoms with Gasteiger partial charge in [-0.25, -0.2) is 9.59 Å².